The number of benzene rings is 1. The molecule has 2 nitrogen and oxygen atoms in total. The lowest BCUT2D eigenvalue weighted by atomic mass is 10.0. The fourth-order valence-corrected chi connectivity index (χ4v) is 2.42. The summed E-state index contributed by atoms with van der Waals surface area (Å²) >= 11 is 0. The minimum Gasteiger partial charge on any atom is -0.314 e. The minimum absolute atomic E-state index is 0.406. The second kappa shape index (κ2) is 5.92. The second-order valence-electron chi connectivity index (χ2n) is 5.08. The largest absolute Gasteiger partial charge is 0.416 e. The van der Waals surface area contributed by atoms with E-state index in [-0.39, 0.29) is 0 Å². The number of hydrogen-bond acceptors (Lipinski definition) is 2. The average molecular weight is 272 g/mol. The summed E-state index contributed by atoms with van der Waals surface area (Å²) in [6.45, 7) is 2.89. The maximum Gasteiger partial charge on any atom is 0.416 e. The van der Waals surface area contributed by atoms with Gasteiger partial charge in [-0.1, -0.05) is 18.2 Å². The standard InChI is InChI=1S/C14H19F3N2/c1-19-8-7-18-10-13(19)6-5-11-3-2-4-12(9-11)14(15,16)17/h2-4,9,13,18H,5-8,10H2,1H3. The van der Waals surface area contributed by atoms with Gasteiger partial charge in [0.25, 0.3) is 0 Å². The van der Waals surface area contributed by atoms with Crippen LogP contribution >= 0.6 is 0 Å². The van der Waals surface area contributed by atoms with Crippen molar-refractivity contribution in [1.82, 2.24) is 10.2 Å². The van der Waals surface area contributed by atoms with E-state index >= 15 is 0 Å². The number of hydrogen-bond donors (Lipinski definition) is 1. The van der Waals surface area contributed by atoms with Gasteiger partial charge in [0.05, 0.1) is 5.56 Å². The Hall–Kier alpha value is -1.07. The first-order valence-corrected chi connectivity index (χ1v) is 6.54. The molecular weight excluding hydrogens is 253 g/mol. The molecule has 0 aromatic heterocycles. The summed E-state index contributed by atoms with van der Waals surface area (Å²) in [5.74, 6) is 0. The molecule has 1 aromatic rings. The molecule has 1 unspecified atom stereocenters. The van der Waals surface area contributed by atoms with Gasteiger partial charge in [-0.2, -0.15) is 13.2 Å². The molecule has 1 aliphatic heterocycles. The zero-order valence-electron chi connectivity index (χ0n) is 11.0. The predicted octanol–water partition coefficient (Wildman–Crippen LogP) is 2.54. The van der Waals surface area contributed by atoms with E-state index in [1.54, 1.807) is 6.07 Å². The molecule has 0 saturated carbocycles. The zero-order valence-corrected chi connectivity index (χ0v) is 11.0. The Labute approximate surface area is 111 Å². The summed E-state index contributed by atoms with van der Waals surface area (Å²) in [7, 11) is 2.07. The van der Waals surface area contributed by atoms with Crippen LogP contribution in [0.5, 0.6) is 0 Å². The van der Waals surface area contributed by atoms with Gasteiger partial charge in [0.1, 0.15) is 0 Å². The summed E-state index contributed by atoms with van der Waals surface area (Å²) in [6, 6.07) is 6.05. The number of piperazine rings is 1. The van der Waals surface area contributed by atoms with E-state index in [0.717, 1.165) is 37.7 Å². The third kappa shape index (κ3) is 3.94. The molecule has 1 saturated heterocycles. The Morgan fingerprint density at radius 3 is 2.84 bits per heavy atom. The van der Waals surface area contributed by atoms with E-state index in [1.807, 2.05) is 0 Å². The maximum absolute atomic E-state index is 12.6. The molecule has 2 rings (SSSR count). The minimum atomic E-state index is -4.25. The molecule has 1 N–H and O–H groups in total. The lowest BCUT2D eigenvalue weighted by molar-refractivity contribution is -0.137. The molecule has 1 fully saturated rings. The topological polar surface area (TPSA) is 15.3 Å². The molecule has 1 heterocycles. The zero-order chi connectivity index (χ0) is 13.9. The molecule has 0 spiro atoms. The van der Waals surface area contributed by atoms with E-state index in [0.29, 0.717) is 12.5 Å². The lowest BCUT2D eigenvalue weighted by Gasteiger charge is -2.33. The van der Waals surface area contributed by atoms with Crippen molar-refractivity contribution in [2.75, 3.05) is 26.7 Å². The van der Waals surface area contributed by atoms with Crippen LogP contribution in [0.4, 0.5) is 13.2 Å². The fourth-order valence-electron chi connectivity index (χ4n) is 2.42. The van der Waals surface area contributed by atoms with Gasteiger partial charge in [0, 0.05) is 25.7 Å². The lowest BCUT2D eigenvalue weighted by Crippen LogP contribution is -2.49. The van der Waals surface area contributed by atoms with Crippen LogP contribution in [0.25, 0.3) is 0 Å². The molecule has 19 heavy (non-hydrogen) atoms. The van der Waals surface area contributed by atoms with E-state index in [1.165, 1.54) is 12.1 Å². The third-order valence-electron chi connectivity index (χ3n) is 3.67. The SMILES string of the molecule is CN1CCNCC1CCc1cccc(C(F)(F)F)c1. The van der Waals surface area contributed by atoms with Crippen LogP contribution in [-0.2, 0) is 12.6 Å². The van der Waals surface area contributed by atoms with Gasteiger partial charge in [-0.25, -0.2) is 0 Å². The first-order valence-electron chi connectivity index (χ1n) is 6.54. The Bertz CT molecular complexity index is 417. The fraction of sp³-hybridized carbons (Fsp3) is 0.571. The van der Waals surface area contributed by atoms with E-state index < -0.39 is 11.7 Å². The van der Waals surface area contributed by atoms with Crippen molar-refractivity contribution in [3.63, 3.8) is 0 Å². The molecule has 0 aliphatic carbocycles. The summed E-state index contributed by atoms with van der Waals surface area (Å²) in [4.78, 5) is 2.27. The van der Waals surface area contributed by atoms with Crippen LogP contribution in [0.3, 0.4) is 0 Å². The van der Waals surface area contributed by atoms with Crippen molar-refractivity contribution in [2.45, 2.75) is 25.1 Å². The summed E-state index contributed by atoms with van der Waals surface area (Å²) in [5.41, 5.74) is 0.203. The smallest absolute Gasteiger partial charge is 0.314 e. The first kappa shape index (κ1) is 14.3. The van der Waals surface area contributed by atoms with Crippen LogP contribution in [0, 0.1) is 0 Å². The van der Waals surface area contributed by atoms with Gasteiger partial charge in [-0.05, 0) is 31.5 Å². The maximum atomic E-state index is 12.6. The van der Waals surface area contributed by atoms with Gasteiger partial charge < -0.3 is 10.2 Å². The number of nitrogens with one attached hydrogen (secondary N) is 1. The van der Waals surface area contributed by atoms with Gasteiger partial charge in [0.2, 0.25) is 0 Å². The summed E-state index contributed by atoms with van der Waals surface area (Å²) in [5, 5.41) is 3.32. The van der Waals surface area contributed by atoms with Crippen LogP contribution < -0.4 is 5.32 Å². The van der Waals surface area contributed by atoms with Crippen molar-refractivity contribution in [3.8, 4) is 0 Å². The number of halogens is 3. The van der Waals surface area contributed by atoms with Crippen molar-refractivity contribution >= 4 is 0 Å². The Balaban J connectivity index is 1.96. The molecular formula is C14H19F3N2. The molecule has 0 bridgehead atoms. The van der Waals surface area contributed by atoms with E-state index in [2.05, 4.69) is 17.3 Å². The first-order chi connectivity index (χ1) is 8.97. The highest BCUT2D eigenvalue weighted by Gasteiger charge is 2.30. The van der Waals surface area contributed by atoms with Gasteiger partial charge >= 0.3 is 6.18 Å². The molecule has 0 radical (unpaired) electrons. The summed E-state index contributed by atoms with van der Waals surface area (Å²) < 4.78 is 37.8. The third-order valence-corrected chi connectivity index (χ3v) is 3.67. The summed E-state index contributed by atoms with van der Waals surface area (Å²) in [6.07, 6.45) is -2.69. The van der Waals surface area contributed by atoms with Crippen molar-refractivity contribution in [1.29, 1.82) is 0 Å². The van der Waals surface area contributed by atoms with Crippen LogP contribution in [0.1, 0.15) is 17.5 Å². The number of alkyl halides is 3. The van der Waals surface area contributed by atoms with E-state index in [9.17, 15) is 13.2 Å². The quantitative estimate of drug-likeness (QED) is 0.909. The molecule has 106 valence electrons. The number of nitrogens with zero attached hydrogens (tertiary/aromatic N) is 1. The van der Waals surface area contributed by atoms with Crippen molar-refractivity contribution in [2.24, 2.45) is 0 Å². The molecule has 1 aliphatic rings. The van der Waals surface area contributed by atoms with Crippen LogP contribution in [-0.4, -0.2) is 37.6 Å². The highest BCUT2D eigenvalue weighted by atomic mass is 19.4. The van der Waals surface area contributed by atoms with Gasteiger partial charge in [0.15, 0.2) is 0 Å². The predicted molar refractivity (Wildman–Crippen MR) is 69.1 cm³/mol. The van der Waals surface area contributed by atoms with Crippen molar-refractivity contribution < 1.29 is 13.2 Å². The Morgan fingerprint density at radius 1 is 1.37 bits per heavy atom. The highest BCUT2D eigenvalue weighted by molar-refractivity contribution is 5.25. The monoisotopic (exact) mass is 272 g/mol. The van der Waals surface area contributed by atoms with Crippen molar-refractivity contribution in [3.05, 3.63) is 35.4 Å². The molecule has 5 heteroatoms. The number of aryl methyl sites for hydroxylation is 1. The number of rotatable bonds is 3. The van der Waals surface area contributed by atoms with Crippen LogP contribution in [0.2, 0.25) is 0 Å². The van der Waals surface area contributed by atoms with Gasteiger partial charge in [-0.15, -0.1) is 0 Å². The molecule has 0 amide bonds. The van der Waals surface area contributed by atoms with Gasteiger partial charge in [-0.3, -0.25) is 0 Å². The van der Waals surface area contributed by atoms with E-state index in [4.69, 9.17) is 0 Å². The Morgan fingerprint density at radius 2 is 2.16 bits per heavy atom. The Kier molecular flexibility index (Phi) is 4.47. The highest BCUT2D eigenvalue weighted by Crippen LogP contribution is 2.29. The van der Waals surface area contributed by atoms with Crippen LogP contribution in [0.15, 0.2) is 24.3 Å². The average Bonchev–Trinajstić information content (AvgIpc) is 2.37. The number of likely N-dealkylation sites (N-methyl/N-ethyl adjacent to an activating group) is 1. The normalized spacial score (nSPS) is 21.6. The second-order valence-corrected chi connectivity index (χ2v) is 5.08. The molecule has 1 aromatic carbocycles. The molecule has 1 atom stereocenters.